The molecule has 13 heavy (non-hydrogen) atoms. The molecule has 0 aliphatic heterocycles. The predicted molar refractivity (Wildman–Crippen MR) is 43.1 cm³/mol. The van der Waals surface area contributed by atoms with E-state index in [0.29, 0.717) is 18.5 Å². The van der Waals surface area contributed by atoms with Crippen LogP contribution >= 0.6 is 0 Å². The molecule has 3 N–H and O–H groups in total. The molecule has 1 fully saturated rings. The van der Waals surface area contributed by atoms with Crippen LogP contribution in [0.25, 0.3) is 0 Å². The normalized spacial score (nSPS) is 21.0. The van der Waals surface area contributed by atoms with Crippen LogP contribution < -0.4 is 0 Å². The lowest BCUT2D eigenvalue weighted by Gasteiger charge is -2.16. The molecule has 1 aliphatic rings. The molecule has 0 amide bonds. The van der Waals surface area contributed by atoms with Crippen molar-refractivity contribution in [1.29, 1.82) is 0 Å². The van der Waals surface area contributed by atoms with Gasteiger partial charge in [-0.1, -0.05) is 0 Å². The highest BCUT2D eigenvalue weighted by atomic mass is 16.4. The van der Waals surface area contributed by atoms with Gasteiger partial charge in [-0.25, -0.2) is 9.78 Å². The van der Waals surface area contributed by atoms with Crippen molar-refractivity contribution in [1.82, 2.24) is 9.97 Å². The van der Waals surface area contributed by atoms with Crippen LogP contribution in [0.3, 0.4) is 0 Å². The standard InChI is InChI=1S/C8H10N2O3/c11-6(7(12)13)8(1-2-8)5-3-9-4-10-5/h3-4,6,11H,1-2H2,(H,9,10)(H,12,13). The average molecular weight is 182 g/mol. The lowest BCUT2D eigenvalue weighted by Crippen LogP contribution is -2.34. The molecule has 1 saturated carbocycles. The van der Waals surface area contributed by atoms with Gasteiger partial charge in [0.25, 0.3) is 0 Å². The number of nitrogens with zero attached hydrogens (tertiary/aromatic N) is 1. The lowest BCUT2D eigenvalue weighted by atomic mass is 9.96. The fourth-order valence-electron chi connectivity index (χ4n) is 1.59. The Balaban J connectivity index is 2.27. The first-order chi connectivity index (χ1) is 6.17. The number of nitrogens with one attached hydrogen (secondary N) is 1. The van der Waals surface area contributed by atoms with E-state index in [9.17, 15) is 9.90 Å². The summed E-state index contributed by atoms with van der Waals surface area (Å²) in [5.41, 5.74) is 0.102. The Labute approximate surface area is 74.4 Å². The van der Waals surface area contributed by atoms with Crippen LogP contribution in [0.5, 0.6) is 0 Å². The molecule has 0 spiro atoms. The second-order valence-corrected chi connectivity index (χ2v) is 3.36. The highest BCUT2D eigenvalue weighted by Gasteiger charge is 2.54. The average Bonchev–Trinajstić information content (AvgIpc) is 2.72. The number of aliphatic hydroxyl groups is 1. The minimum Gasteiger partial charge on any atom is -0.479 e. The van der Waals surface area contributed by atoms with Crippen molar-refractivity contribution in [3.05, 3.63) is 18.2 Å². The molecule has 5 nitrogen and oxygen atoms in total. The maximum atomic E-state index is 10.6. The summed E-state index contributed by atoms with van der Waals surface area (Å²) in [4.78, 5) is 17.2. The highest BCUT2D eigenvalue weighted by molar-refractivity contribution is 5.75. The summed E-state index contributed by atoms with van der Waals surface area (Å²) in [7, 11) is 0. The van der Waals surface area contributed by atoms with Gasteiger partial charge in [0, 0.05) is 17.3 Å². The molecule has 1 aliphatic carbocycles. The van der Waals surface area contributed by atoms with E-state index in [1.54, 1.807) is 6.20 Å². The van der Waals surface area contributed by atoms with Crippen molar-refractivity contribution in [2.45, 2.75) is 24.4 Å². The van der Waals surface area contributed by atoms with Gasteiger partial charge in [-0.05, 0) is 12.8 Å². The van der Waals surface area contributed by atoms with E-state index >= 15 is 0 Å². The van der Waals surface area contributed by atoms with E-state index in [1.165, 1.54) is 6.33 Å². The summed E-state index contributed by atoms with van der Waals surface area (Å²) < 4.78 is 0. The van der Waals surface area contributed by atoms with E-state index in [2.05, 4.69) is 9.97 Å². The third-order valence-corrected chi connectivity index (χ3v) is 2.58. The molecule has 1 aromatic rings. The van der Waals surface area contributed by atoms with Crippen molar-refractivity contribution >= 4 is 5.97 Å². The molecule has 0 aromatic carbocycles. The number of aliphatic carboxylic acids is 1. The number of imidazole rings is 1. The first kappa shape index (κ1) is 8.25. The van der Waals surface area contributed by atoms with Crippen LogP contribution in [0.15, 0.2) is 12.5 Å². The maximum Gasteiger partial charge on any atom is 0.333 e. The van der Waals surface area contributed by atoms with Crippen molar-refractivity contribution in [2.75, 3.05) is 0 Å². The fourth-order valence-corrected chi connectivity index (χ4v) is 1.59. The quantitative estimate of drug-likeness (QED) is 0.608. The molecule has 70 valence electrons. The molecule has 0 radical (unpaired) electrons. The van der Waals surface area contributed by atoms with E-state index in [1.807, 2.05) is 0 Å². The van der Waals surface area contributed by atoms with Gasteiger partial charge < -0.3 is 15.2 Å². The SMILES string of the molecule is O=C(O)C(O)C1(c2cnc[nH]2)CC1. The zero-order valence-corrected chi connectivity index (χ0v) is 6.90. The summed E-state index contributed by atoms with van der Waals surface area (Å²) in [5, 5.41) is 18.1. The number of aliphatic hydroxyl groups excluding tert-OH is 1. The molecular weight excluding hydrogens is 172 g/mol. The number of carbonyl (C=O) groups is 1. The fraction of sp³-hybridized carbons (Fsp3) is 0.500. The molecule has 1 atom stereocenters. The number of H-pyrrole nitrogens is 1. The lowest BCUT2D eigenvalue weighted by molar-refractivity contribution is -0.148. The van der Waals surface area contributed by atoms with Gasteiger partial charge in [-0.2, -0.15) is 0 Å². The molecule has 2 rings (SSSR count). The van der Waals surface area contributed by atoms with E-state index < -0.39 is 17.5 Å². The number of aromatic amines is 1. The third kappa shape index (κ3) is 1.12. The van der Waals surface area contributed by atoms with E-state index in [-0.39, 0.29) is 0 Å². The first-order valence-corrected chi connectivity index (χ1v) is 4.06. The summed E-state index contributed by atoms with van der Waals surface area (Å²) in [5.74, 6) is -1.17. The zero-order valence-electron chi connectivity index (χ0n) is 6.90. The third-order valence-electron chi connectivity index (χ3n) is 2.58. The second kappa shape index (κ2) is 2.56. The van der Waals surface area contributed by atoms with Crippen LogP contribution in [-0.4, -0.2) is 32.3 Å². The number of carboxylic acid groups (broad SMARTS) is 1. The van der Waals surface area contributed by atoms with E-state index in [0.717, 1.165) is 0 Å². The van der Waals surface area contributed by atoms with Gasteiger partial charge in [0.2, 0.25) is 0 Å². The summed E-state index contributed by atoms with van der Waals surface area (Å²) in [6.07, 6.45) is 3.13. The van der Waals surface area contributed by atoms with E-state index in [4.69, 9.17) is 5.11 Å². The number of carboxylic acids is 1. The number of aromatic nitrogens is 2. The van der Waals surface area contributed by atoms with Gasteiger partial charge >= 0.3 is 5.97 Å². The van der Waals surface area contributed by atoms with Crippen molar-refractivity contribution in [3.8, 4) is 0 Å². The van der Waals surface area contributed by atoms with Gasteiger partial charge in [-0.3, -0.25) is 0 Å². The Hall–Kier alpha value is -1.36. The van der Waals surface area contributed by atoms with Gasteiger partial charge in [0.05, 0.1) is 6.33 Å². The minimum absolute atomic E-state index is 0.609. The maximum absolute atomic E-state index is 10.6. The number of hydrogen-bond donors (Lipinski definition) is 3. The van der Waals surface area contributed by atoms with Crippen LogP contribution in [0.1, 0.15) is 18.5 Å². The topological polar surface area (TPSA) is 86.2 Å². The Kier molecular flexibility index (Phi) is 1.63. The first-order valence-electron chi connectivity index (χ1n) is 4.06. The van der Waals surface area contributed by atoms with Crippen molar-refractivity contribution in [2.24, 2.45) is 0 Å². The smallest absolute Gasteiger partial charge is 0.333 e. The van der Waals surface area contributed by atoms with Gasteiger partial charge in [0.15, 0.2) is 6.10 Å². The molecule has 5 heteroatoms. The Morgan fingerprint density at radius 2 is 2.38 bits per heavy atom. The second-order valence-electron chi connectivity index (χ2n) is 3.36. The summed E-state index contributed by atoms with van der Waals surface area (Å²) >= 11 is 0. The molecule has 1 heterocycles. The number of hydrogen-bond acceptors (Lipinski definition) is 3. The van der Waals surface area contributed by atoms with Gasteiger partial charge in [-0.15, -0.1) is 0 Å². The molecular formula is C8H10N2O3. The van der Waals surface area contributed by atoms with Crippen LogP contribution in [0, 0.1) is 0 Å². The Morgan fingerprint density at radius 3 is 2.77 bits per heavy atom. The molecule has 1 unspecified atom stereocenters. The summed E-state index contributed by atoms with van der Waals surface area (Å²) in [6.45, 7) is 0. The molecule has 1 aromatic heterocycles. The summed E-state index contributed by atoms with van der Waals surface area (Å²) in [6, 6.07) is 0. The Bertz CT molecular complexity index is 316. The monoisotopic (exact) mass is 182 g/mol. The minimum atomic E-state index is -1.33. The number of rotatable bonds is 3. The zero-order chi connectivity index (χ0) is 9.47. The molecule has 0 saturated heterocycles. The van der Waals surface area contributed by atoms with Crippen LogP contribution in [0.2, 0.25) is 0 Å². The highest BCUT2D eigenvalue weighted by Crippen LogP contribution is 2.50. The van der Waals surface area contributed by atoms with Crippen LogP contribution in [-0.2, 0) is 10.2 Å². The Morgan fingerprint density at radius 1 is 1.69 bits per heavy atom. The molecule has 0 bridgehead atoms. The largest absolute Gasteiger partial charge is 0.479 e. The van der Waals surface area contributed by atoms with Gasteiger partial charge in [0.1, 0.15) is 0 Å². The van der Waals surface area contributed by atoms with Crippen molar-refractivity contribution < 1.29 is 15.0 Å². The van der Waals surface area contributed by atoms with Crippen molar-refractivity contribution in [3.63, 3.8) is 0 Å². The van der Waals surface area contributed by atoms with Crippen LogP contribution in [0.4, 0.5) is 0 Å². The predicted octanol–water partition coefficient (Wildman–Crippen LogP) is -0.113.